The summed E-state index contributed by atoms with van der Waals surface area (Å²) >= 11 is 0. The number of carbonyl (C=O) groups is 1. The summed E-state index contributed by atoms with van der Waals surface area (Å²) in [4.78, 5) is 12.0. The maximum absolute atomic E-state index is 13.0. The van der Waals surface area contributed by atoms with E-state index in [1.54, 1.807) is 37.4 Å². The van der Waals surface area contributed by atoms with E-state index in [-0.39, 0.29) is 11.6 Å². The third-order valence-corrected chi connectivity index (χ3v) is 2.92. The van der Waals surface area contributed by atoms with Crippen molar-refractivity contribution in [3.63, 3.8) is 0 Å². The lowest BCUT2D eigenvalue weighted by atomic mass is 10.0. The molecular weight excluding hydrogens is 243 g/mol. The number of methoxy groups -OCH3 is 1. The second-order valence-electron chi connectivity index (χ2n) is 4.29. The minimum atomic E-state index is -0.272. The fourth-order valence-electron chi connectivity index (χ4n) is 1.89. The van der Waals surface area contributed by atoms with Crippen LogP contribution < -0.4 is 4.74 Å². The van der Waals surface area contributed by atoms with Crippen molar-refractivity contribution in [1.29, 1.82) is 0 Å². The van der Waals surface area contributed by atoms with Gasteiger partial charge in [0.15, 0.2) is 5.78 Å². The number of benzene rings is 2. The van der Waals surface area contributed by atoms with Gasteiger partial charge in [0.2, 0.25) is 0 Å². The number of Topliss-reactive ketones (excluding diaryl/α,β-unsaturated/α-hetero) is 1. The highest BCUT2D eigenvalue weighted by Crippen LogP contribution is 2.15. The van der Waals surface area contributed by atoms with Crippen LogP contribution in [-0.4, -0.2) is 12.9 Å². The minimum Gasteiger partial charge on any atom is -0.497 e. The molecule has 0 spiro atoms. The molecule has 3 heteroatoms. The number of ether oxygens (including phenoxy) is 1. The van der Waals surface area contributed by atoms with E-state index in [2.05, 4.69) is 0 Å². The van der Waals surface area contributed by atoms with Crippen LogP contribution in [0.2, 0.25) is 0 Å². The Morgan fingerprint density at radius 1 is 1.16 bits per heavy atom. The Morgan fingerprint density at radius 2 is 1.95 bits per heavy atom. The van der Waals surface area contributed by atoms with Gasteiger partial charge in [-0.05, 0) is 36.2 Å². The van der Waals surface area contributed by atoms with Gasteiger partial charge >= 0.3 is 0 Å². The summed E-state index contributed by atoms with van der Waals surface area (Å²) in [5.74, 6) is 0.422. The number of hydrogen-bond donors (Lipinski definition) is 0. The first-order chi connectivity index (χ1) is 9.19. The van der Waals surface area contributed by atoms with Gasteiger partial charge in [-0.25, -0.2) is 4.39 Å². The van der Waals surface area contributed by atoms with Gasteiger partial charge in [0, 0.05) is 12.0 Å². The molecule has 0 aliphatic rings. The standard InChI is InChI=1S/C16H15FO2/c1-19-15-7-3-5-13(11-15)16(18)9-8-12-4-2-6-14(17)10-12/h2-7,10-11H,8-9H2,1H3. The molecule has 0 aromatic heterocycles. The number of hydrogen-bond acceptors (Lipinski definition) is 2. The lowest BCUT2D eigenvalue weighted by molar-refractivity contribution is 0.0982. The van der Waals surface area contributed by atoms with Crippen molar-refractivity contribution >= 4 is 5.78 Å². The molecule has 0 N–H and O–H groups in total. The van der Waals surface area contributed by atoms with Gasteiger partial charge in [0.05, 0.1) is 7.11 Å². The first-order valence-electron chi connectivity index (χ1n) is 6.11. The predicted molar refractivity (Wildman–Crippen MR) is 72.0 cm³/mol. The molecule has 0 heterocycles. The molecular formula is C16H15FO2. The molecule has 98 valence electrons. The molecule has 0 atom stereocenters. The maximum Gasteiger partial charge on any atom is 0.163 e. The molecule has 0 radical (unpaired) electrons. The average Bonchev–Trinajstić information content (AvgIpc) is 2.45. The van der Waals surface area contributed by atoms with Crippen molar-refractivity contribution in [3.8, 4) is 5.75 Å². The molecule has 0 aliphatic carbocycles. The third kappa shape index (κ3) is 3.65. The minimum absolute atomic E-state index is 0.0307. The summed E-state index contributed by atoms with van der Waals surface area (Å²) < 4.78 is 18.1. The Bertz CT molecular complexity index is 578. The highest BCUT2D eigenvalue weighted by atomic mass is 19.1. The molecule has 0 fully saturated rings. The molecule has 0 aliphatic heterocycles. The zero-order chi connectivity index (χ0) is 13.7. The van der Waals surface area contributed by atoms with E-state index in [1.807, 2.05) is 6.07 Å². The van der Waals surface area contributed by atoms with Crippen molar-refractivity contribution in [2.45, 2.75) is 12.8 Å². The highest BCUT2D eigenvalue weighted by molar-refractivity contribution is 5.96. The van der Waals surface area contributed by atoms with Crippen LogP contribution in [0.3, 0.4) is 0 Å². The van der Waals surface area contributed by atoms with Gasteiger partial charge in [-0.1, -0.05) is 24.3 Å². The van der Waals surface area contributed by atoms with Gasteiger partial charge in [-0.15, -0.1) is 0 Å². The van der Waals surface area contributed by atoms with Crippen molar-refractivity contribution in [2.75, 3.05) is 7.11 Å². The largest absolute Gasteiger partial charge is 0.497 e. The first kappa shape index (κ1) is 13.3. The molecule has 0 unspecified atom stereocenters. The lowest BCUT2D eigenvalue weighted by Crippen LogP contribution is -2.01. The molecule has 0 bridgehead atoms. The van der Waals surface area contributed by atoms with Crippen molar-refractivity contribution in [1.82, 2.24) is 0 Å². The summed E-state index contributed by atoms with van der Waals surface area (Å²) in [5.41, 5.74) is 1.45. The van der Waals surface area contributed by atoms with Crippen LogP contribution in [0.15, 0.2) is 48.5 Å². The topological polar surface area (TPSA) is 26.3 Å². The molecule has 0 saturated carbocycles. The second-order valence-corrected chi connectivity index (χ2v) is 4.29. The van der Waals surface area contributed by atoms with Gasteiger partial charge in [0.1, 0.15) is 11.6 Å². The van der Waals surface area contributed by atoms with Crippen molar-refractivity contribution in [3.05, 3.63) is 65.5 Å². The molecule has 2 rings (SSSR count). The second kappa shape index (κ2) is 6.14. The Hall–Kier alpha value is -2.16. The third-order valence-electron chi connectivity index (χ3n) is 2.92. The molecule has 0 amide bonds. The summed E-state index contributed by atoms with van der Waals surface area (Å²) in [6, 6.07) is 13.4. The number of aryl methyl sites for hydroxylation is 1. The fourth-order valence-corrected chi connectivity index (χ4v) is 1.89. The van der Waals surface area contributed by atoms with Crippen molar-refractivity contribution in [2.24, 2.45) is 0 Å². The van der Waals surface area contributed by atoms with Crippen molar-refractivity contribution < 1.29 is 13.9 Å². The Kier molecular flexibility index (Phi) is 4.29. The summed E-state index contributed by atoms with van der Waals surface area (Å²) in [7, 11) is 1.57. The quantitative estimate of drug-likeness (QED) is 0.765. The van der Waals surface area contributed by atoms with Gasteiger partial charge in [0.25, 0.3) is 0 Å². The first-order valence-corrected chi connectivity index (χ1v) is 6.11. The Labute approximate surface area is 111 Å². The molecule has 0 saturated heterocycles. The van der Waals surface area contributed by atoms with E-state index in [1.165, 1.54) is 12.1 Å². The van der Waals surface area contributed by atoms with Crippen LogP contribution in [0.25, 0.3) is 0 Å². The highest BCUT2D eigenvalue weighted by Gasteiger charge is 2.07. The normalized spacial score (nSPS) is 10.2. The van der Waals surface area contributed by atoms with Gasteiger partial charge < -0.3 is 4.74 Å². The van der Waals surface area contributed by atoms with E-state index in [0.717, 1.165) is 5.56 Å². The number of carbonyl (C=O) groups excluding carboxylic acids is 1. The monoisotopic (exact) mass is 258 g/mol. The zero-order valence-corrected chi connectivity index (χ0v) is 10.7. The molecule has 2 aromatic carbocycles. The Morgan fingerprint density at radius 3 is 2.68 bits per heavy atom. The number of halogens is 1. The molecule has 19 heavy (non-hydrogen) atoms. The van der Waals surface area contributed by atoms with Crippen LogP contribution in [0, 0.1) is 5.82 Å². The lowest BCUT2D eigenvalue weighted by Gasteiger charge is -2.04. The Balaban J connectivity index is 2.01. The van der Waals surface area contributed by atoms with Crippen LogP contribution in [0.1, 0.15) is 22.3 Å². The van der Waals surface area contributed by atoms with E-state index >= 15 is 0 Å². The number of rotatable bonds is 5. The van der Waals surface area contributed by atoms with Crippen LogP contribution in [-0.2, 0) is 6.42 Å². The maximum atomic E-state index is 13.0. The van der Waals surface area contributed by atoms with E-state index in [0.29, 0.717) is 24.2 Å². The zero-order valence-electron chi connectivity index (χ0n) is 10.7. The van der Waals surface area contributed by atoms with E-state index in [9.17, 15) is 9.18 Å². The van der Waals surface area contributed by atoms with E-state index < -0.39 is 0 Å². The molecule has 2 nitrogen and oxygen atoms in total. The van der Waals surface area contributed by atoms with Crippen LogP contribution in [0.5, 0.6) is 5.75 Å². The molecule has 2 aromatic rings. The number of ketones is 1. The average molecular weight is 258 g/mol. The SMILES string of the molecule is COc1cccc(C(=O)CCc2cccc(F)c2)c1. The van der Waals surface area contributed by atoms with Gasteiger partial charge in [-0.3, -0.25) is 4.79 Å². The smallest absolute Gasteiger partial charge is 0.163 e. The summed E-state index contributed by atoms with van der Waals surface area (Å²) in [6.07, 6.45) is 0.893. The fraction of sp³-hybridized carbons (Fsp3) is 0.188. The van der Waals surface area contributed by atoms with Gasteiger partial charge in [-0.2, -0.15) is 0 Å². The van der Waals surface area contributed by atoms with E-state index in [4.69, 9.17) is 4.74 Å². The summed E-state index contributed by atoms with van der Waals surface area (Å²) in [6.45, 7) is 0. The summed E-state index contributed by atoms with van der Waals surface area (Å²) in [5, 5.41) is 0. The van der Waals surface area contributed by atoms with Crippen LogP contribution >= 0.6 is 0 Å². The predicted octanol–water partition coefficient (Wildman–Crippen LogP) is 3.65. The van der Waals surface area contributed by atoms with Crippen LogP contribution in [0.4, 0.5) is 4.39 Å².